The lowest BCUT2D eigenvalue weighted by Gasteiger charge is -2.05. The molecule has 0 saturated heterocycles. The van der Waals surface area contributed by atoms with Crippen molar-refractivity contribution < 1.29 is 4.79 Å². The number of carbonyl (C=O) groups excluding carboxylic acids is 1. The topological polar surface area (TPSA) is 29.1 Å². The number of anilines is 1. The van der Waals surface area contributed by atoms with Crippen LogP contribution in [0, 0.1) is 0 Å². The van der Waals surface area contributed by atoms with Gasteiger partial charge in [0.15, 0.2) is 0 Å². The Bertz CT molecular complexity index is 362. The van der Waals surface area contributed by atoms with Crippen LogP contribution < -0.4 is 5.32 Å². The third kappa shape index (κ3) is 7.22. The maximum Gasteiger partial charge on any atom is 0.239 e. The number of aryl methyl sites for hydroxylation is 1. The van der Waals surface area contributed by atoms with Crippen molar-refractivity contribution >= 4 is 23.2 Å². The first-order valence-corrected chi connectivity index (χ1v) is 7.74. The third-order valence-corrected chi connectivity index (χ3v) is 3.42. The molecule has 0 radical (unpaired) electrons. The maximum absolute atomic E-state index is 11.1. The summed E-state index contributed by atoms with van der Waals surface area (Å²) in [5.74, 6) is -0.162. The summed E-state index contributed by atoms with van der Waals surface area (Å²) in [5.41, 5.74) is 2.15. The van der Waals surface area contributed by atoms with Gasteiger partial charge in [-0.15, -0.1) is 11.6 Å². The number of halogens is 1. The van der Waals surface area contributed by atoms with Crippen LogP contribution in [-0.4, -0.2) is 11.8 Å². The Morgan fingerprint density at radius 2 is 1.68 bits per heavy atom. The molecule has 0 bridgehead atoms. The number of amides is 1. The molecule has 0 fully saturated rings. The van der Waals surface area contributed by atoms with Crippen LogP contribution >= 0.6 is 11.6 Å². The Balaban J connectivity index is 2.22. The summed E-state index contributed by atoms with van der Waals surface area (Å²) in [6, 6.07) is 8.04. The predicted octanol–water partition coefficient (Wildman–Crippen LogP) is 4.77. The standard InChI is InChI=1S/C16H24ClNO/c1-2-3-4-5-6-7-8-14-9-11-15(12-10-14)18-16(19)13-17/h9-12H,2-8,13H2,1H3,(H,18,19). The molecular formula is C16H24ClNO. The Hall–Kier alpha value is -1.02. The monoisotopic (exact) mass is 281 g/mol. The molecule has 1 aromatic rings. The summed E-state index contributed by atoms with van der Waals surface area (Å²) in [5, 5.41) is 2.74. The van der Waals surface area contributed by atoms with Crippen molar-refractivity contribution in [3.05, 3.63) is 29.8 Å². The molecule has 0 saturated carbocycles. The Morgan fingerprint density at radius 3 is 2.32 bits per heavy atom. The predicted molar refractivity (Wildman–Crippen MR) is 82.9 cm³/mol. The van der Waals surface area contributed by atoms with E-state index in [0.29, 0.717) is 0 Å². The number of nitrogens with one attached hydrogen (secondary N) is 1. The van der Waals surface area contributed by atoms with E-state index in [9.17, 15) is 4.79 Å². The van der Waals surface area contributed by atoms with Crippen LogP contribution in [-0.2, 0) is 11.2 Å². The van der Waals surface area contributed by atoms with Gasteiger partial charge in [0, 0.05) is 5.69 Å². The molecule has 2 nitrogen and oxygen atoms in total. The van der Waals surface area contributed by atoms with E-state index < -0.39 is 0 Å². The van der Waals surface area contributed by atoms with Crippen LogP contribution in [0.15, 0.2) is 24.3 Å². The molecular weight excluding hydrogens is 258 g/mol. The average molecular weight is 282 g/mol. The summed E-state index contributed by atoms with van der Waals surface area (Å²) in [6.45, 7) is 2.24. The smallest absolute Gasteiger partial charge is 0.239 e. The largest absolute Gasteiger partial charge is 0.325 e. The van der Waals surface area contributed by atoms with Crippen molar-refractivity contribution in [1.29, 1.82) is 0 Å². The molecule has 1 amide bonds. The number of hydrogen-bond donors (Lipinski definition) is 1. The van der Waals surface area contributed by atoms with Gasteiger partial charge in [-0.25, -0.2) is 0 Å². The fourth-order valence-corrected chi connectivity index (χ4v) is 2.13. The highest BCUT2D eigenvalue weighted by Gasteiger charge is 2.00. The minimum atomic E-state index is -0.162. The molecule has 0 unspecified atom stereocenters. The Kier molecular flexibility index (Phi) is 8.31. The number of hydrogen-bond acceptors (Lipinski definition) is 1. The van der Waals surface area contributed by atoms with Gasteiger partial charge in [-0.1, -0.05) is 51.2 Å². The van der Waals surface area contributed by atoms with Gasteiger partial charge in [0.05, 0.1) is 0 Å². The zero-order valence-corrected chi connectivity index (χ0v) is 12.5. The Labute approximate surface area is 121 Å². The second-order valence-electron chi connectivity index (χ2n) is 4.90. The van der Waals surface area contributed by atoms with Gasteiger partial charge < -0.3 is 5.32 Å². The summed E-state index contributed by atoms with van der Waals surface area (Å²) < 4.78 is 0. The lowest BCUT2D eigenvalue weighted by molar-refractivity contribution is -0.113. The number of carbonyl (C=O) groups is 1. The SMILES string of the molecule is CCCCCCCCc1ccc(NC(=O)CCl)cc1. The number of alkyl halides is 1. The van der Waals surface area contributed by atoms with E-state index in [1.807, 2.05) is 12.1 Å². The Morgan fingerprint density at radius 1 is 1.05 bits per heavy atom. The molecule has 3 heteroatoms. The van der Waals surface area contributed by atoms with E-state index in [1.165, 1.54) is 44.1 Å². The molecule has 0 spiro atoms. The van der Waals surface area contributed by atoms with E-state index in [2.05, 4.69) is 24.4 Å². The first kappa shape index (κ1) is 16.0. The van der Waals surface area contributed by atoms with Gasteiger partial charge in [0.2, 0.25) is 5.91 Å². The van der Waals surface area contributed by atoms with Crippen LogP contribution in [0.3, 0.4) is 0 Å². The molecule has 0 aliphatic rings. The average Bonchev–Trinajstić information content (AvgIpc) is 2.44. The molecule has 0 aromatic heterocycles. The van der Waals surface area contributed by atoms with Crippen molar-refractivity contribution in [2.75, 3.05) is 11.2 Å². The summed E-state index contributed by atoms with van der Waals surface area (Å²) in [7, 11) is 0. The molecule has 1 N–H and O–H groups in total. The molecule has 19 heavy (non-hydrogen) atoms. The first-order valence-electron chi connectivity index (χ1n) is 7.21. The molecule has 0 aliphatic carbocycles. The molecule has 106 valence electrons. The molecule has 0 heterocycles. The molecule has 1 aromatic carbocycles. The van der Waals surface area contributed by atoms with E-state index in [-0.39, 0.29) is 11.8 Å². The van der Waals surface area contributed by atoms with Crippen molar-refractivity contribution in [1.82, 2.24) is 0 Å². The highest BCUT2D eigenvalue weighted by atomic mass is 35.5. The maximum atomic E-state index is 11.1. The van der Waals surface area contributed by atoms with Crippen molar-refractivity contribution in [3.8, 4) is 0 Å². The molecule has 1 rings (SSSR count). The number of unbranched alkanes of at least 4 members (excludes halogenated alkanes) is 5. The number of benzene rings is 1. The first-order chi connectivity index (χ1) is 9.26. The van der Waals surface area contributed by atoms with Gasteiger partial charge in [0.25, 0.3) is 0 Å². The third-order valence-electron chi connectivity index (χ3n) is 3.18. The highest BCUT2D eigenvalue weighted by Crippen LogP contribution is 2.13. The van der Waals surface area contributed by atoms with Crippen molar-refractivity contribution in [2.45, 2.75) is 51.9 Å². The quantitative estimate of drug-likeness (QED) is 0.513. The van der Waals surface area contributed by atoms with E-state index >= 15 is 0 Å². The summed E-state index contributed by atoms with van der Waals surface area (Å²) in [6.07, 6.45) is 9.04. The summed E-state index contributed by atoms with van der Waals surface area (Å²) >= 11 is 5.44. The van der Waals surface area contributed by atoms with Gasteiger partial charge in [-0.05, 0) is 30.5 Å². The highest BCUT2D eigenvalue weighted by molar-refractivity contribution is 6.29. The second-order valence-corrected chi connectivity index (χ2v) is 5.16. The zero-order valence-electron chi connectivity index (χ0n) is 11.8. The van der Waals surface area contributed by atoms with Crippen LogP contribution in [0.5, 0.6) is 0 Å². The normalized spacial score (nSPS) is 10.4. The van der Waals surface area contributed by atoms with Crippen LogP contribution in [0.2, 0.25) is 0 Å². The fraction of sp³-hybridized carbons (Fsp3) is 0.562. The van der Waals surface area contributed by atoms with Crippen LogP contribution in [0.25, 0.3) is 0 Å². The molecule has 0 aliphatic heterocycles. The van der Waals surface area contributed by atoms with E-state index in [0.717, 1.165) is 12.1 Å². The van der Waals surface area contributed by atoms with Crippen LogP contribution in [0.1, 0.15) is 51.0 Å². The van der Waals surface area contributed by atoms with Crippen molar-refractivity contribution in [3.63, 3.8) is 0 Å². The van der Waals surface area contributed by atoms with Crippen molar-refractivity contribution in [2.24, 2.45) is 0 Å². The van der Waals surface area contributed by atoms with Gasteiger partial charge >= 0.3 is 0 Å². The minimum Gasteiger partial charge on any atom is -0.325 e. The second kappa shape index (κ2) is 9.85. The zero-order chi connectivity index (χ0) is 13.9. The molecule has 0 atom stereocenters. The van der Waals surface area contributed by atoms with Gasteiger partial charge in [0.1, 0.15) is 5.88 Å². The summed E-state index contributed by atoms with van der Waals surface area (Å²) in [4.78, 5) is 11.1. The van der Waals surface area contributed by atoms with E-state index in [1.54, 1.807) is 0 Å². The lowest BCUT2D eigenvalue weighted by Crippen LogP contribution is -2.12. The fourth-order valence-electron chi connectivity index (χ4n) is 2.06. The lowest BCUT2D eigenvalue weighted by atomic mass is 10.0. The van der Waals surface area contributed by atoms with Gasteiger partial charge in [-0.3, -0.25) is 4.79 Å². The van der Waals surface area contributed by atoms with Crippen LogP contribution in [0.4, 0.5) is 5.69 Å². The number of rotatable bonds is 9. The van der Waals surface area contributed by atoms with Gasteiger partial charge in [-0.2, -0.15) is 0 Å². The van der Waals surface area contributed by atoms with E-state index in [4.69, 9.17) is 11.6 Å². The minimum absolute atomic E-state index is 0.000485.